The van der Waals surface area contributed by atoms with Gasteiger partial charge in [-0.1, -0.05) is 12.1 Å². The van der Waals surface area contributed by atoms with Crippen molar-refractivity contribution in [2.24, 2.45) is 5.92 Å². The number of fused-ring (bicyclic) bond motifs is 3. The monoisotopic (exact) mass is 700 g/mol. The number of aromatic hydroxyl groups is 1. The molecule has 0 saturated carbocycles. The van der Waals surface area contributed by atoms with Crippen molar-refractivity contribution in [1.82, 2.24) is 20.0 Å². The Balaban J connectivity index is 0.836. The van der Waals surface area contributed by atoms with Crippen LogP contribution in [0.4, 0.5) is 31.7 Å². The van der Waals surface area contributed by atoms with Gasteiger partial charge in [0.2, 0.25) is 17.7 Å². The Morgan fingerprint density at radius 2 is 1.55 bits per heavy atom. The standard InChI is InChI=1S/C37H42F2N8O4/c38-28-18-25(19-29(39)35(28)47-33(49)6-3-7-34(47)50)43-12-8-23(9-13-43)37(51)44-14-10-24(11-15-44)45-16-17-46-26(22-45)21-40-36-31(46)20-30(41-42-36)27-4-1-2-5-32(27)48/h1-2,4-5,18-20,23-24,26,48H,3,6-17,21-22H2,(H,40,42)/t26-/m0/s1. The van der Waals surface area contributed by atoms with Crippen LogP contribution in [0, 0.1) is 17.6 Å². The molecule has 1 atom stereocenters. The summed E-state index contributed by atoms with van der Waals surface area (Å²) in [6.45, 7) is 5.82. The molecule has 5 aliphatic rings. The van der Waals surface area contributed by atoms with Crippen LogP contribution in [0.15, 0.2) is 42.5 Å². The highest BCUT2D eigenvalue weighted by molar-refractivity contribution is 6.16. The first-order valence-electron chi connectivity index (χ1n) is 18.0. The molecule has 0 unspecified atom stereocenters. The van der Waals surface area contributed by atoms with Crippen molar-refractivity contribution in [2.45, 2.75) is 57.0 Å². The van der Waals surface area contributed by atoms with Gasteiger partial charge in [-0.25, -0.2) is 13.7 Å². The molecule has 3 aromatic rings. The van der Waals surface area contributed by atoms with Crippen LogP contribution in [0.5, 0.6) is 5.75 Å². The number of phenols is 1. The molecule has 0 spiro atoms. The Kier molecular flexibility index (Phi) is 8.95. The Morgan fingerprint density at radius 1 is 0.843 bits per heavy atom. The number of anilines is 4. The second-order valence-corrected chi connectivity index (χ2v) is 14.3. The molecule has 5 aliphatic heterocycles. The van der Waals surface area contributed by atoms with Crippen molar-refractivity contribution in [3.05, 3.63) is 54.1 Å². The van der Waals surface area contributed by atoms with Crippen molar-refractivity contribution in [2.75, 3.05) is 72.4 Å². The summed E-state index contributed by atoms with van der Waals surface area (Å²) < 4.78 is 30.3. The summed E-state index contributed by atoms with van der Waals surface area (Å²) in [5, 5.41) is 22.6. The van der Waals surface area contributed by atoms with Gasteiger partial charge in [0, 0.05) is 88.4 Å². The van der Waals surface area contributed by atoms with Gasteiger partial charge in [-0.3, -0.25) is 19.3 Å². The number of hydrogen-bond donors (Lipinski definition) is 2. The number of piperidine rings is 3. The van der Waals surface area contributed by atoms with Crippen LogP contribution < -0.4 is 20.0 Å². The average Bonchev–Trinajstić information content (AvgIpc) is 3.15. The van der Waals surface area contributed by atoms with E-state index in [0.717, 1.165) is 50.5 Å². The minimum absolute atomic E-state index is 0.0803. The molecular weight excluding hydrogens is 658 g/mol. The summed E-state index contributed by atoms with van der Waals surface area (Å²) in [7, 11) is 0. The van der Waals surface area contributed by atoms with Crippen LogP contribution in [-0.2, 0) is 14.4 Å². The van der Waals surface area contributed by atoms with Gasteiger partial charge in [0.1, 0.15) is 11.4 Å². The fourth-order valence-corrected chi connectivity index (χ4v) is 8.51. The lowest BCUT2D eigenvalue weighted by molar-refractivity contribution is -0.138. The lowest BCUT2D eigenvalue weighted by Crippen LogP contribution is -2.61. The molecule has 3 amide bonds. The van der Waals surface area contributed by atoms with Gasteiger partial charge in [0.15, 0.2) is 17.5 Å². The molecule has 51 heavy (non-hydrogen) atoms. The molecule has 0 bridgehead atoms. The van der Waals surface area contributed by atoms with Gasteiger partial charge < -0.3 is 25.1 Å². The number of rotatable bonds is 5. The zero-order valence-corrected chi connectivity index (χ0v) is 28.4. The molecule has 1 aromatic heterocycles. The number of carbonyl (C=O) groups excluding carboxylic acids is 3. The minimum Gasteiger partial charge on any atom is -0.507 e. The van der Waals surface area contributed by atoms with Crippen LogP contribution in [-0.4, -0.2) is 107 Å². The average molecular weight is 701 g/mol. The first-order valence-corrected chi connectivity index (χ1v) is 18.0. The van der Waals surface area contributed by atoms with Gasteiger partial charge in [-0.15, -0.1) is 10.2 Å². The number of benzene rings is 2. The van der Waals surface area contributed by atoms with E-state index in [1.54, 1.807) is 12.1 Å². The van der Waals surface area contributed by atoms with Crippen LogP contribution in [0.1, 0.15) is 44.9 Å². The largest absolute Gasteiger partial charge is 0.507 e. The van der Waals surface area contributed by atoms with E-state index in [1.165, 1.54) is 12.1 Å². The number of aromatic nitrogens is 2. The van der Waals surface area contributed by atoms with E-state index in [0.29, 0.717) is 73.3 Å². The highest BCUT2D eigenvalue weighted by Crippen LogP contribution is 2.37. The summed E-state index contributed by atoms with van der Waals surface area (Å²) in [5.74, 6) is -2.10. The molecule has 12 nitrogen and oxygen atoms in total. The molecule has 2 aromatic carbocycles. The van der Waals surface area contributed by atoms with E-state index in [1.807, 2.05) is 28.0 Å². The number of piperazine rings is 1. The van der Waals surface area contributed by atoms with E-state index < -0.39 is 29.1 Å². The summed E-state index contributed by atoms with van der Waals surface area (Å²) >= 11 is 0. The molecule has 2 N–H and O–H groups in total. The van der Waals surface area contributed by atoms with E-state index in [2.05, 4.69) is 25.3 Å². The third-order valence-electron chi connectivity index (χ3n) is 11.3. The third kappa shape index (κ3) is 6.34. The van der Waals surface area contributed by atoms with Crippen LogP contribution in [0.3, 0.4) is 0 Å². The zero-order valence-electron chi connectivity index (χ0n) is 28.4. The number of nitrogens with one attached hydrogen (secondary N) is 1. The van der Waals surface area contributed by atoms with Gasteiger partial charge in [0.05, 0.1) is 17.4 Å². The van der Waals surface area contributed by atoms with E-state index in [9.17, 15) is 19.5 Å². The quantitative estimate of drug-likeness (QED) is 0.378. The molecule has 268 valence electrons. The third-order valence-corrected chi connectivity index (χ3v) is 11.3. The maximum atomic E-state index is 15.1. The summed E-state index contributed by atoms with van der Waals surface area (Å²) in [6, 6.07) is 12.2. The number of hydrogen-bond acceptors (Lipinski definition) is 10. The molecule has 4 saturated heterocycles. The van der Waals surface area contributed by atoms with Gasteiger partial charge in [-0.05, 0) is 62.4 Å². The molecular formula is C37H42F2N8O4. The van der Waals surface area contributed by atoms with E-state index in [-0.39, 0.29) is 36.5 Å². The first kappa shape index (κ1) is 33.3. The molecule has 0 aliphatic carbocycles. The normalized spacial score (nSPS) is 22.1. The highest BCUT2D eigenvalue weighted by atomic mass is 19.1. The number of phenolic OH excluding ortho intramolecular Hbond substituents is 1. The summed E-state index contributed by atoms with van der Waals surface area (Å²) in [6.07, 6.45) is 3.54. The van der Waals surface area contributed by atoms with Crippen LogP contribution in [0.2, 0.25) is 0 Å². The first-order chi connectivity index (χ1) is 24.7. The highest BCUT2D eigenvalue weighted by Gasteiger charge is 2.38. The van der Waals surface area contributed by atoms with Crippen molar-refractivity contribution >= 4 is 40.6 Å². The number of imide groups is 1. The van der Waals surface area contributed by atoms with Crippen molar-refractivity contribution in [1.29, 1.82) is 0 Å². The number of nitrogens with zero attached hydrogens (tertiary/aromatic N) is 7. The SMILES string of the molecule is O=C(C1CCN(c2cc(F)c(N3C(=O)CCCC3=O)c(F)c2)CC1)N1CCC(N2CCN3c4cc(-c5ccccc5O)nnc4NC[C@H]3C2)CC1. The Bertz CT molecular complexity index is 1810. The van der Waals surface area contributed by atoms with Gasteiger partial charge >= 0.3 is 0 Å². The Morgan fingerprint density at radius 3 is 2.25 bits per heavy atom. The van der Waals surface area contributed by atoms with E-state index in [4.69, 9.17) is 0 Å². The van der Waals surface area contributed by atoms with Crippen LogP contribution >= 0.6 is 0 Å². The molecule has 14 heteroatoms. The van der Waals surface area contributed by atoms with Gasteiger partial charge in [0.25, 0.3) is 0 Å². The Labute approximate surface area is 295 Å². The number of carbonyl (C=O) groups is 3. The number of likely N-dealkylation sites (tertiary alicyclic amines) is 1. The molecule has 0 radical (unpaired) electrons. The predicted molar refractivity (Wildman–Crippen MR) is 188 cm³/mol. The number of para-hydroxylation sites is 1. The topological polar surface area (TPSA) is 125 Å². The lowest BCUT2D eigenvalue weighted by Gasteiger charge is -2.49. The minimum atomic E-state index is -0.937. The Hall–Kier alpha value is -4.85. The lowest BCUT2D eigenvalue weighted by atomic mass is 9.93. The number of halogens is 2. The van der Waals surface area contributed by atoms with Crippen molar-refractivity contribution in [3.8, 4) is 17.0 Å². The van der Waals surface area contributed by atoms with Crippen LogP contribution in [0.25, 0.3) is 11.3 Å². The summed E-state index contributed by atoms with van der Waals surface area (Å²) in [4.78, 5) is 47.6. The van der Waals surface area contributed by atoms with Crippen molar-refractivity contribution < 1.29 is 28.3 Å². The molecule has 8 rings (SSSR count). The fourth-order valence-electron chi connectivity index (χ4n) is 8.51. The second kappa shape index (κ2) is 13.7. The second-order valence-electron chi connectivity index (χ2n) is 14.3. The van der Waals surface area contributed by atoms with E-state index >= 15 is 8.78 Å². The maximum Gasteiger partial charge on any atom is 0.233 e. The fraction of sp³-hybridized carbons (Fsp3) is 0.486. The smallest absolute Gasteiger partial charge is 0.233 e. The zero-order chi connectivity index (χ0) is 35.2. The molecule has 6 heterocycles. The maximum absolute atomic E-state index is 15.1. The predicted octanol–water partition coefficient (Wildman–Crippen LogP) is 3.99. The van der Waals surface area contributed by atoms with Gasteiger partial charge in [-0.2, -0.15) is 0 Å². The van der Waals surface area contributed by atoms with Crippen molar-refractivity contribution in [3.63, 3.8) is 0 Å². The number of amides is 3. The molecule has 4 fully saturated rings. The summed E-state index contributed by atoms with van der Waals surface area (Å²) in [5.41, 5.74) is 2.05.